The van der Waals surface area contributed by atoms with Crippen LogP contribution in [0.15, 0.2) is 24.3 Å². The second kappa shape index (κ2) is 8.31. The smallest absolute Gasteiger partial charge is 0.289 e. The van der Waals surface area contributed by atoms with Gasteiger partial charge in [0.15, 0.2) is 0 Å². The van der Waals surface area contributed by atoms with Gasteiger partial charge in [-0.05, 0) is 31.9 Å². The van der Waals surface area contributed by atoms with Crippen LogP contribution in [0.2, 0.25) is 0 Å². The van der Waals surface area contributed by atoms with Crippen LogP contribution in [0.5, 0.6) is 5.75 Å². The van der Waals surface area contributed by atoms with Gasteiger partial charge in [0, 0.05) is 6.04 Å². The number of carbonyl (C=O) groups excluding carboxylic acids is 3. The van der Waals surface area contributed by atoms with Crippen LogP contribution in [-0.4, -0.2) is 37.3 Å². The van der Waals surface area contributed by atoms with Gasteiger partial charge in [-0.3, -0.25) is 14.4 Å². The molecular formula is C17H24N2O4. The Morgan fingerprint density at radius 2 is 1.78 bits per heavy atom. The van der Waals surface area contributed by atoms with Crippen molar-refractivity contribution in [3.8, 4) is 5.75 Å². The SMILES string of the molecule is COc1ccccc1N(C=O)C(C)C(=O)C(=O)NC(C)C(C)C. The summed E-state index contributed by atoms with van der Waals surface area (Å²) >= 11 is 0. The summed E-state index contributed by atoms with van der Waals surface area (Å²) in [6, 6.07) is 5.77. The van der Waals surface area contributed by atoms with Crippen molar-refractivity contribution >= 4 is 23.8 Å². The molecule has 23 heavy (non-hydrogen) atoms. The molecule has 1 rings (SSSR count). The molecule has 0 spiro atoms. The number of ketones is 1. The molecule has 0 bridgehead atoms. The molecular weight excluding hydrogens is 296 g/mol. The lowest BCUT2D eigenvalue weighted by molar-refractivity contribution is -0.139. The maximum atomic E-state index is 12.3. The van der Waals surface area contributed by atoms with Crippen molar-refractivity contribution in [2.24, 2.45) is 5.92 Å². The van der Waals surface area contributed by atoms with Crippen LogP contribution in [0.4, 0.5) is 5.69 Å². The van der Waals surface area contributed by atoms with E-state index in [1.54, 1.807) is 24.3 Å². The predicted octanol–water partition coefficient (Wildman–Crippen LogP) is 1.78. The minimum atomic E-state index is -0.928. The Bertz CT molecular complexity index is 571. The number of benzene rings is 1. The number of carbonyl (C=O) groups is 3. The number of methoxy groups -OCH3 is 1. The number of hydrogen-bond donors (Lipinski definition) is 1. The molecule has 0 saturated carbocycles. The highest BCUT2D eigenvalue weighted by Crippen LogP contribution is 2.28. The quantitative estimate of drug-likeness (QED) is 0.585. The molecule has 0 fully saturated rings. The number of nitrogens with zero attached hydrogens (tertiary/aromatic N) is 1. The third kappa shape index (κ3) is 4.55. The summed E-state index contributed by atoms with van der Waals surface area (Å²) in [4.78, 5) is 37.0. The normalized spacial score (nSPS) is 13.1. The lowest BCUT2D eigenvalue weighted by Crippen LogP contribution is -2.48. The van der Waals surface area contributed by atoms with Gasteiger partial charge in [-0.2, -0.15) is 0 Å². The Balaban J connectivity index is 2.96. The number of Topliss-reactive ketones (excluding diaryl/α,β-unsaturated/α-hetero) is 1. The average Bonchev–Trinajstić information content (AvgIpc) is 2.54. The molecule has 0 aliphatic carbocycles. The Morgan fingerprint density at radius 1 is 1.17 bits per heavy atom. The van der Waals surface area contributed by atoms with E-state index in [0.717, 1.165) is 0 Å². The zero-order chi connectivity index (χ0) is 17.6. The Hall–Kier alpha value is -2.37. The summed E-state index contributed by atoms with van der Waals surface area (Å²) < 4.78 is 5.20. The van der Waals surface area contributed by atoms with Crippen LogP contribution < -0.4 is 15.0 Å². The maximum Gasteiger partial charge on any atom is 0.289 e. The third-order valence-corrected chi connectivity index (χ3v) is 3.86. The third-order valence-electron chi connectivity index (χ3n) is 3.86. The summed E-state index contributed by atoms with van der Waals surface area (Å²) in [5.41, 5.74) is 0.440. The van der Waals surface area contributed by atoms with Gasteiger partial charge in [0.2, 0.25) is 12.2 Å². The van der Waals surface area contributed by atoms with E-state index in [2.05, 4.69) is 5.32 Å². The topological polar surface area (TPSA) is 75.7 Å². The first-order valence-corrected chi connectivity index (χ1v) is 7.54. The Morgan fingerprint density at radius 3 is 2.30 bits per heavy atom. The van der Waals surface area contributed by atoms with Crippen molar-refractivity contribution in [3.05, 3.63) is 24.3 Å². The minimum absolute atomic E-state index is 0.130. The molecule has 0 radical (unpaired) electrons. The molecule has 2 unspecified atom stereocenters. The van der Waals surface area contributed by atoms with E-state index in [9.17, 15) is 14.4 Å². The van der Waals surface area contributed by atoms with Crippen molar-refractivity contribution in [3.63, 3.8) is 0 Å². The van der Waals surface area contributed by atoms with E-state index < -0.39 is 17.7 Å². The fraction of sp³-hybridized carbons (Fsp3) is 0.471. The van der Waals surface area contributed by atoms with E-state index in [-0.39, 0.29) is 12.0 Å². The number of amides is 2. The molecule has 2 amide bonds. The zero-order valence-corrected chi connectivity index (χ0v) is 14.2. The number of nitrogens with one attached hydrogen (secondary N) is 1. The monoisotopic (exact) mass is 320 g/mol. The summed E-state index contributed by atoms with van der Waals surface area (Å²) in [6.07, 6.45) is 0.527. The largest absolute Gasteiger partial charge is 0.495 e. The maximum absolute atomic E-state index is 12.3. The van der Waals surface area contributed by atoms with Crippen molar-refractivity contribution in [1.29, 1.82) is 0 Å². The van der Waals surface area contributed by atoms with Gasteiger partial charge in [0.25, 0.3) is 5.91 Å². The van der Waals surface area contributed by atoms with Gasteiger partial charge >= 0.3 is 0 Å². The summed E-state index contributed by atoms with van der Waals surface area (Å²) in [5.74, 6) is -0.704. The molecule has 2 atom stereocenters. The van der Waals surface area contributed by atoms with Gasteiger partial charge in [-0.15, -0.1) is 0 Å². The molecule has 0 heterocycles. The molecule has 0 aromatic heterocycles. The lowest BCUT2D eigenvalue weighted by Gasteiger charge is -2.26. The van der Waals surface area contributed by atoms with Crippen molar-refractivity contribution < 1.29 is 19.1 Å². The first-order valence-electron chi connectivity index (χ1n) is 7.54. The standard InChI is InChI=1S/C17H24N2O4/c1-11(2)12(3)18-17(22)16(21)13(4)19(10-20)14-8-6-7-9-15(14)23-5/h6-13H,1-5H3,(H,18,22). The average molecular weight is 320 g/mol. The fourth-order valence-corrected chi connectivity index (χ4v) is 1.96. The van der Waals surface area contributed by atoms with E-state index in [4.69, 9.17) is 4.74 Å². The van der Waals surface area contributed by atoms with E-state index in [0.29, 0.717) is 17.8 Å². The highest BCUT2D eigenvalue weighted by molar-refractivity contribution is 6.39. The highest BCUT2D eigenvalue weighted by atomic mass is 16.5. The van der Waals surface area contributed by atoms with Gasteiger partial charge in [-0.25, -0.2) is 0 Å². The molecule has 0 aliphatic rings. The highest BCUT2D eigenvalue weighted by Gasteiger charge is 2.29. The van der Waals surface area contributed by atoms with E-state index in [1.165, 1.54) is 18.9 Å². The van der Waals surface area contributed by atoms with Gasteiger partial charge in [0.05, 0.1) is 12.8 Å². The fourth-order valence-electron chi connectivity index (χ4n) is 1.96. The molecule has 0 saturated heterocycles. The van der Waals surface area contributed by atoms with Crippen LogP contribution in [0.1, 0.15) is 27.7 Å². The second-order valence-corrected chi connectivity index (χ2v) is 5.73. The van der Waals surface area contributed by atoms with Gasteiger partial charge in [0.1, 0.15) is 11.8 Å². The van der Waals surface area contributed by atoms with Crippen LogP contribution in [0.3, 0.4) is 0 Å². The molecule has 126 valence electrons. The number of hydrogen-bond acceptors (Lipinski definition) is 4. The predicted molar refractivity (Wildman–Crippen MR) is 88.4 cm³/mol. The number of ether oxygens (including phenoxy) is 1. The summed E-state index contributed by atoms with van der Waals surface area (Å²) in [7, 11) is 1.48. The van der Waals surface area contributed by atoms with Gasteiger partial charge < -0.3 is 15.0 Å². The van der Waals surface area contributed by atoms with Crippen LogP contribution >= 0.6 is 0 Å². The molecule has 6 heteroatoms. The summed E-state index contributed by atoms with van der Waals surface area (Å²) in [5, 5.41) is 2.66. The zero-order valence-electron chi connectivity index (χ0n) is 14.2. The number of para-hydroxylation sites is 2. The lowest BCUT2D eigenvalue weighted by atomic mass is 10.1. The van der Waals surface area contributed by atoms with E-state index >= 15 is 0 Å². The minimum Gasteiger partial charge on any atom is -0.495 e. The van der Waals surface area contributed by atoms with Crippen LogP contribution in [0, 0.1) is 5.92 Å². The Kier molecular flexibility index (Phi) is 6.75. The molecule has 1 aromatic rings. The van der Waals surface area contributed by atoms with Crippen molar-refractivity contribution in [2.75, 3.05) is 12.0 Å². The van der Waals surface area contributed by atoms with Gasteiger partial charge in [-0.1, -0.05) is 26.0 Å². The second-order valence-electron chi connectivity index (χ2n) is 5.73. The molecule has 6 nitrogen and oxygen atoms in total. The molecule has 0 aliphatic heterocycles. The van der Waals surface area contributed by atoms with Crippen LogP contribution in [-0.2, 0) is 14.4 Å². The summed E-state index contributed by atoms with van der Waals surface area (Å²) in [6.45, 7) is 7.25. The first-order chi connectivity index (χ1) is 10.8. The number of rotatable bonds is 8. The molecule has 1 N–H and O–H groups in total. The van der Waals surface area contributed by atoms with Crippen molar-refractivity contribution in [2.45, 2.75) is 39.8 Å². The van der Waals surface area contributed by atoms with Crippen LogP contribution in [0.25, 0.3) is 0 Å². The number of anilines is 1. The first kappa shape index (κ1) is 18.7. The molecule has 1 aromatic carbocycles. The van der Waals surface area contributed by atoms with Crippen molar-refractivity contribution in [1.82, 2.24) is 5.32 Å². The Labute approximate surface area is 136 Å². The van der Waals surface area contributed by atoms with E-state index in [1.807, 2.05) is 20.8 Å².